The first-order chi connectivity index (χ1) is 12.2. The van der Waals surface area contributed by atoms with Gasteiger partial charge in [-0.2, -0.15) is 5.10 Å². The van der Waals surface area contributed by atoms with Gasteiger partial charge in [0.15, 0.2) is 5.82 Å². The Morgan fingerprint density at radius 2 is 2.12 bits per heavy atom. The first-order valence-corrected chi connectivity index (χ1v) is 8.09. The maximum Gasteiger partial charge on any atom is 0.267 e. The number of carbonyl (C=O) groups is 1. The quantitative estimate of drug-likeness (QED) is 0.592. The van der Waals surface area contributed by atoms with Crippen molar-refractivity contribution < 1.29 is 4.79 Å². The van der Waals surface area contributed by atoms with E-state index < -0.39 is 0 Å². The molecule has 0 fully saturated rings. The lowest BCUT2D eigenvalue weighted by atomic mass is 10.2. The number of aromatic amines is 1. The van der Waals surface area contributed by atoms with Crippen LogP contribution in [0.4, 0.5) is 0 Å². The highest BCUT2D eigenvalue weighted by Crippen LogP contribution is 2.20. The monoisotopic (exact) mass is 351 g/mol. The number of aromatic nitrogens is 4. The van der Waals surface area contributed by atoms with Crippen molar-refractivity contribution in [3.63, 3.8) is 0 Å². The summed E-state index contributed by atoms with van der Waals surface area (Å²) in [7, 11) is 0. The summed E-state index contributed by atoms with van der Waals surface area (Å²) < 4.78 is 1.67. The van der Waals surface area contributed by atoms with E-state index in [1.807, 2.05) is 36.5 Å². The molecule has 0 radical (unpaired) electrons. The Bertz CT molecular complexity index is 1040. The number of nitrogens with zero attached hydrogens (tertiary/aromatic N) is 3. The van der Waals surface area contributed by atoms with E-state index in [9.17, 15) is 4.79 Å². The van der Waals surface area contributed by atoms with Crippen molar-refractivity contribution in [1.82, 2.24) is 25.1 Å². The molecule has 1 aromatic carbocycles. The minimum atomic E-state index is -0.192. The largest absolute Gasteiger partial charge is 0.351 e. The van der Waals surface area contributed by atoms with E-state index >= 15 is 0 Å². The molecular weight excluding hydrogens is 338 g/mol. The van der Waals surface area contributed by atoms with E-state index in [0.29, 0.717) is 23.1 Å². The fraction of sp³-hybridized carbons (Fsp3) is 0.0556. The third kappa shape index (κ3) is 3.12. The smallest absolute Gasteiger partial charge is 0.267 e. The van der Waals surface area contributed by atoms with Gasteiger partial charge in [0.05, 0.1) is 0 Å². The zero-order valence-electron chi connectivity index (χ0n) is 13.1. The number of pyridine rings is 1. The fourth-order valence-electron chi connectivity index (χ4n) is 2.67. The van der Waals surface area contributed by atoms with Crippen LogP contribution in [0.15, 0.2) is 61.1 Å². The summed E-state index contributed by atoms with van der Waals surface area (Å²) in [6, 6.07) is 12.8. The van der Waals surface area contributed by atoms with Gasteiger partial charge in [-0.15, -0.1) is 0 Å². The lowest BCUT2D eigenvalue weighted by Crippen LogP contribution is -2.24. The second-order valence-corrected chi connectivity index (χ2v) is 5.97. The summed E-state index contributed by atoms with van der Waals surface area (Å²) in [5, 5.41) is 8.64. The highest BCUT2D eigenvalue weighted by atomic mass is 35.5. The molecule has 4 rings (SSSR count). The molecule has 4 aromatic rings. The molecule has 7 heteroatoms. The van der Waals surface area contributed by atoms with Gasteiger partial charge in [-0.3, -0.25) is 4.79 Å². The minimum Gasteiger partial charge on any atom is -0.351 e. The molecule has 0 aliphatic heterocycles. The Morgan fingerprint density at radius 3 is 2.96 bits per heavy atom. The maximum atomic E-state index is 12.5. The first-order valence-electron chi connectivity index (χ1n) is 7.71. The normalized spacial score (nSPS) is 10.9. The predicted molar refractivity (Wildman–Crippen MR) is 95.8 cm³/mol. The van der Waals surface area contributed by atoms with Crippen LogP contribution in [0.3, 0.4) is 0 Å². The first kappa shape index (κ1) is 15.4. The van der Waals surface area contributed by atoms with Crippen LogP contribution in [-0.2, 0) is 6.54 Å². The molecule has 0 aliphatic rings. The third-order valence-corrected chi connectivity index (χ3v) is 4.09. The molecular formula is C18H14ClN5O. The van der Waals surface area contributed by atoms with Crippen LogP contribution in [0.2, 0.25) is 5.02 Å². The number of amides is 1. The molecule has 124 valence electrons. The number of carbonyl (C=O) groups excluding carboxylic acids is 1. The van der Waals surface area contributed by atoms with Crippen LogP contribution in [0.1, 0.15) is 16.1 Å². The van der Waals surface area contributed by atoms with Crippen LogP contribution in [0.5, 0.6) is 0 Å². The van der Waals surface area contributed by atoms with Gasteiger partial charge in [-0.25, -0.2) is 9.67 Å². The highest BCUT2D eigenvalue weighted by Gasteiger charge is 2.12. The van der Waals surface area contributed by atoms with Crippen molar-refractivity contribution in [2.75, 3.05) is 0 Å². The van der Waals surface area contributed by atoms with Crippen molar-refractivity contribution in [3.05, 3.63) is 77.3 Å². The minimum absolute atomic E-state index is 0.192. The van der Waals surface area contributed by atoms with Crippen LogP contribution in [0, 0.1) is 0 Å². The average Bonchev–Trinajstić information content (AvgIpc) is 3.29. The third-order valence-electron chi connectivity index (χ3n) is 3.86. The number of hydrogen-bond donors (Lipinski definition) is 2. The molecule has 0 aliphatic carbocycles. The van der Waals surface area contributed by atoms with Crippen molar-refractivity contribution >= 4 is 28.4 Å². The van der Waals surface area contributed by atoms with Gasteiger partial charge in [-0.05, 0) is 36.4 Å². The lowest BCUT2D eigenvalue weighted by molar-refractivity contribution is 0.0946. The number of rotatable bonds is 4. The second kappa shape index (κ2) is 6.41. The summed E-state index contributed by atoms with van der Waals surface area (Å²) >= 11 is 5.99. The molecule has 2 N–H and O–H groups in total. The number of H-pyrrole nitrogens is 1. The number of nitrogens with one attached hydrogen (secondary N) is 2. The molecule has 0 bridgehead atoms. The molecule has 0 atom stereocenters. The van der Waals surface area contributed by atoms with Crippen LogP contribution in [0.25, 0.3) is 16.7 Å². The Labute approximate surface area is 148 Å². The van der Waals surface area contributed by atoms with Crippen molar-refractivity contribution in [1.29, 1.82) is 0 Å². The predicted octanol–water partition coefficient (Wildman–Crippen LogP) is 3.33. The van der Waals surface area contributed by atoms with E-state index in [0.717, 1.165) is 16.5 Å². The summed E-state index contributed by atoms with van der Waals surface area (Å²) in [6.07, 6.45) is 5.20. The number of benzene rings is 1. The molecule has 0 unspecified atom stereocenters. The molecule has 1 amide bonds. The maximum absolute atomic E-state index is 12.5. The van der Waals surface area contributed by atoms with Crippen molar-refractivity contribution in [2.24, 2.45) is 0 Å². The van der Waals surface area contributed by atoms with Crippen LogP contribution >= 0.6 is 11.6 Å². The van der Waals surface area contributed by atoms with Gasteiger partial charge in [0.1, 0.15) is 5.69 Å². The lowest BCUT2D eigenvalue weighted by Gasteiger charge is -2.09. The van der Waals surface area contributed by atoms with E-state index in [-0.39, 0.29) is 5.91 Å². The van der Waals surface area contributed by atoms with Gasteiger partial charge in [0.2, 0.25) is 0 Å². The summed E-state index contributed by atoms with van der Waals surface area (Å²) in [6.45, 7) is 0.345. The number of hydrogen-bond acceptors (Lipinski definition) is 3. The van der Waals surface area contributed by atoms with Gasteiger partial charge in [0, 0.05) is 46.6 Å². The molecule has 6 nitrogen and oxygen atoms in total. The molecule has 0 saturated carbocycles. The van der Waals surface area contributed by atoms with Gasteiger partial charge >= 0.3 is 0 Å². The molecule has 0 saturated heterocycles. The van der Waals surface area contributed by atoms with Crippen molar-refractivity contribution in [2.45, 2.75) is 6.54 Å². The molecule has 3 heterocycles. The number of halogens is 1. The Morgan fingerprint density at radius 1 is 1.20 bits per heavy atom. The van der Waals surface area contributed by atoms with Gasteiger partial charge < -0.3 is 10.3 Å². The zero-order valence-corrected chi connectivity index (χ0v) is 13.9. The highest BCUT2D eigenvalue weighted by molar-refractivity contribution is 6.31. The molecule has 0 spiro atoms. The summed E-state index contributed by atoms with van der Waals surface area (Å²) in [5.41, 5.74) is 2.23. The van der Waals surface area contributed by atoms with E-state index in [1.54, 1.807) is 29.2 Å². The average molecular weight is 352 g/mol. The topological polar surface area (TPSA) is 75.6 Å². The van der Waals surface area contributed by atoms with E-state index in [4.69, 9.17) is 11.6 Å². The number of fused-ring (bicyclic) bond motifs is 1. The summed E-state index contributed by atoms with van der Waals surface area (Å²) in [5.74, 6) is 0.499. The van der Waals surface area contributed by atoms with Gasteiger partial charge in [-0.1, -0.05) is 17.7 Å². The second-order valence-electron chi connectivity index (χ2n) is 5.53. The van der Waals surface area contributed by atoms with E-state index in [2.05, 4.69) is 20.4 Å². The van der Waals surface area contributed by atoms with Crippen LogP contribution < -0.4 is 5.32 Å². The Hall–Kier alpha value is -3.12. The zero-order chi connectivity index (χ0) is 17.2. The Balaban J connectivity index is 1.54. The standard InChI is InChI=1S/C18H14ClN5O/c19-14-4-5-15-13(9-14)10-16(23-15)18(25)21-11-12-3-1-6-20-17(12)24-8-2-7-22-24/h1-10,23H,11H2,(H,21,25). The van der Waals surface area contributed by atoms with Crippen LogP contribution in [-0.4, -0.2) is 25.7 Å². The Kier molecular flexibility index (Phi) is 3.95. The fourth-order valence-corrected chi connectivity index (χ4v) is 2.85. The summed E-state index contributed by atoms with van der Waals surface area (Å²) in [4.78, 5) is 19.9. The molecule has 3 aromatic heterocycles. The SMILES string of the molecule is O=C(NCc1cccnc1-n1cccn1)c1cc2cc(Cl)ccc2[nH]1. The van der Waals surface area contributed by atoms with Crippen molar-refractivity contribution in [3.8, 4) is 5.82 Å². The van der Waals surface area contributed by atoms with E-state index in [1.165, 1.54) is 0 Å². The molecule has 25 heavy (non-hydrogen) atoms. The van der Waals surface area contributed by atoms with Gasteiger partial charge in [0.25, 0.3) is 5.91 Å².